The lowest BCUT2D eigenvalue weighted by Gasteiger charge is -2.10. The van der Waals surface area contributed by atoms with Crippen molar-refractivity contribution >= 4 is 55.5 Å². The Kier molecular flexibility index (Phi) is 5.06. The number of rotatable bonds is 6. The third-order valence-corrected chi connectivity index (χ3v) is 6.53. The van der Waals surface area contributed by atoms with Crippen LogP contribution in [0.4, 0.5) is 16.5 Å². The molecular formula is C19H14N4O5S2. The van der Waals surface area contributed by atoms with Crippen LogP contribution in [0.25, 0.3) is 0 Å². The van der Waals surface area contributed by atoms with E-state index in [1.807, 2.05) is 0 Å². The molecule has 2 heterocycles. The Morgan fingerprint density at radius 3 is 2.50 bits per heavy atom. The first kappa shape index (κ1) is 19.7. The van der Waals surface area contributed by atoms with E-state index in [2.05, 4.69) is 20.3 Å². The predicted octanol–water partition coefficient (Wildman–Crippen LogP) is 2.19. The summed E-state index contributed by atoms with van der Waals surface area (Å²) in [7, 11) is -3.83. The van der Waals surface area contributed by atoms with Crippen molar-refractivity contribution in [3.05, 3.63) is 65.7 Å². The van der Waals surface area contributed by atoms with E-state index in [0.717, 1.165) is 11.3 Å². The topological polar surface area (TPSA) is 134 Å². The van der Waals surface area contributed by atoms with Crippen LogP contribution in [0.5, 0.6) is 0 Å². The second-order valence-electron chi connectivity index (χ2n) is 6.30. The zero-order valence-electron chi connectivity index (χ0n) is 15.2. The van der Waals surface area contributed by atoms with Crippen molar-refractivity contribution in [2.24, 2.45) is 0 Å². The van der Waals surface area contributed by atoms with Crippen molar-refractivity contribution in [3.63, 3.8) is 0 Å². The second kappa shape index (κ2) is 7.69. The van der Waals surface area contributed by atoms with E-state index in [-0.39, 0.29) is 15.7 Å². The summed E-state index contributed by atoms with van der Waals surface area (Å²) in [5, 5.41) is 6.84. The molecule has 3 aromatic rings. The summed E-state index contributed by atoms with van der Waals surface area (Å²) in [5.41, 5.74) is 1.15. The highest BCUT2D eigenvalue weighted by molar-refractivity contribution is 7.93. The normalized spacial score (nSPS) is 15.2. The number of fused-ring (bicyclic) bond motifs is 1. The molecule has 4 rings (SSSR count). The summed E-state index contributed by atoms with van der Waals surface area (Å²) in [4.78, 5) is 40.9. The minimum Gasteiger partial charge on any atom is -0.325 e. The lowest BCUT2D eigenvalue weighted by atomic mass is 9.95. The van der Waals surface area contributed by atoms with Gasteiger partial charge in [-0.1, -0.05) is 18.2 Å². The predicted molar refractivity (Wildman–Crippen MR) is 111 cm³/mol. The van der Waals surface area contributed by atoms with E-state index in [0.29, 0.717) is 11.3 Å². The third-order valence-electron chi connectivity index (χ3n) is 4.35. The largest absolute Gasteiger partial charge is 0.325 e. The van der Waals surface area contributed by atoms with Crippen molar-refractivity contribution in [2.45, 2.75) is 10.8 Å². The summed E-state index contributed by atoms with van der Waals surface area (Å²) in [6, 6.07) is 11.9. The molecule has 30 heavy (non-hydrogen) atoms. The minimum absolute atomic E-state index is 0.0360. The van der Waals surface area contributed by atoms with Gasteiger partial charge in [-0.2, -0.15) is 0 Å². The average Bonchev–Trinajstić information content (AvgIpc) is 3.34. The fourth-order valence-electron chi connectivity index (χ4n) is 2.96. The van der Waals surface area contributed by atoms with Gasteiger partial charge in [-0.05, 0) is 35.9 Å². The third kappa shape index (κ3) is 3.80. The number of carbonyl (C=O) groups is 3. The molecule has 0 unspecified atom stereocenters. The maximum Gasteiger partial charge on any atom is 0.292 e. The van der Waals surface area contributed by atoms with Gasteiger partial charge in [0.2, 0.25) is 11.7 Å². The van der Waals surface area contributed by atoms with E-state index in [1.165, 1.54) is 30.5 Å². The molecule has 2 aromatic carbocycles. The molecule has 0 radical (unpaired) electrons. The Bertz CT molecular complexity index is 1240. The van der Waals surface area contributed by atoms with E-state index in [9.17, 15) is 22.8 Å². The number of carbonyl (C=O) groups excluding carboxylic acids is 3. The molecule has 152 valence electrons. The van der Waals surface area contributed by atoms with E-state index >= 15 is 0 Å². The number of thiazole rings is 1. The lowest BCUT2D eigenvalue weighted by molar-refractivity contribution is -0.138. The molecular weight excluding hydrogens is 428 g/mol. The van der Waals surface area contributed by atoms with Crippen LogP contribution in [0.1, 0.15) is 11.5 Å². The van der Waals surface area contributed by atoms with E-state index < -0.39 is 33.5 Å². The number of para-hydroxylation sites is 1. The molecule has 1 aromatic heterocycles. The molecule has 0 fully saturated rings. The Morgan fingerprint density at radius 2 is 1.80 bits per heavy atom. The first-order valence-electron chi connectivity index (χ1n) is 8.62. The summed E-state index contributed by atoms with van der Waals surface area (Å²) < 4.78 is 27.0. The van der Waals surface area contributed by atoms with Crippen molar-refractivity contribution in [3.8, 4) is 0 Å². The molecule has 0 bridgehead atoms. The van der Waals surface area contributed by atoms with Crippen LogP contribution in [0, 0.1) is 0 Å². The van der Waals surface area contributed by atoms with Gasteiger partial charge in [0, 0.05) is 23.0 Å². The molecule has 3 N–H and O–H groups in total. The van der Waals surface area contributed by atoms with Crippen LogP contribution in [-0.2, 0) is 24.4 Å². The number of nitrogens with zero attached hydrogens (tertiary/aromatic N) is 1. The highest BCUT2D eigenvalue weighted by Gasteiger charge is 2.39. The van der Waals surface area contributed by atoms with Gasteiger partial charge in [0.1, 0.15) is 5.92 Å². The van der Waals surface area contributed by atoms with Gasteiger partial charge in [0.25, 0.3) is 15.9 Å². The first-order valence-corrected chi connectivity index (χ1v) is 11.0. The van der Waals surface area contributed by atoms with Crippen molar-refractivity contribution in [1.82, 2.24) is 4.98 Å². The summed E-state index contributed by atoms with van der Waals surface area (Å²) in [6.07, 6.45) is 1.47. The molecule has 0 saturated carbocycles. The first-order chi connectivity index (χ1) is 14.3. The Balaban J connectivity index is 1.46. The molecule has 11 heteroatoms. The monoisotopic (exact) mass is 442 g/mol. The lowest BCUT2D eigenvalue weighted by Crippen LogP contribution is -2.31. The summed E-state index contributed by atoms with van der Waals surface area (Å²) >= 11 is 1.14. The number of Topliss-reactive ketones (excluding diaryl/α,β-unsaturated/α-hetero) is 1. The molecule has 1 aliphatic heterocycles. The van der Waals surface area contributed by atoms with Gasteiger partial charge < -0.3 is 10.6 Å². The van der Waals surface area contributed by atoms with Crippen LogP contribution in [0.15, 0.2) is 65.0 Å². The molecule has 1 atom stereocenters. The van der Waals surface area contributed by atoms with Gasteiger partial charge in [-0.25, -0.2) is 13.4 Å². The Hall–Kier alpha value is -3.57. The Labute approximate surface area is 175 Å². The number of benzene rings is 2. The fourth-order valence-corrected chi connectivity index (χ4v) is 4.75. The number of amides is 2. The summed E-state index contributed by atoms with van der Waals surface area (Å²) in [6.45, 7) is 0. The van der Waals surface area contributed by atoms with Gasteiger partial charge in [0.05, 0.1) is 4.90 Å². The molecule has 0 saturated heterocycles. The zero-order valence-corrected chi connectivity index (χ0v) is 16.8. The van der Waals surface area contributed by atoms with Crippen LogP contribution in [0.2, 0.25) is 0 Å². The molecule has 0 spiro atoms. The quantitative estimate of drug-likeness (QED) is 0.396. The highest BCUT2D eigenvalue weighted by Crippen LogP contribution is 2.33. The van der Waals surface area contributed by atoms with Crippen molar-refractivity contribution in [2.75, 3.05) is 15.4 Å². The van der Waals surface area contributed by atoms with Crippen molar-refractivity contribution < 1.29 is 22.8 Å². The van der Waals surface area contributed by atoms with Crippen LogP contribution in [0.3, 0.4) is 0 Å². The SMILES string of the molecule is O=C(Nc1ccc(S(=O)(=O)Nc2nccs2)cc1)C(=O)[C@H]1C(=O)Nc2ccccc21. The van der Waals surface area contributed by atoms with E-state index in [1.54, 1.807) is 29.6 Å². The van der Waals surface area contributed by atoms with Gasteiger partial charge in [0.15, 0.2) is 5.13 Å². The molecule has 9 nitrogen and oxygen atoms in total. The van der Waals surface area contributed by atoms with Gasteiger partial charge >= 0.3 is 0 Å². The minimum atomic E-state index is -3.83. The fraction of sp³-hybridized carbons (Fsp3) is 0.0526. The number of aromatic nitrogens is 1. The highest BCUT2D eigenvalue weighted by atomic mass is 32.2. The maximum atomic E-state index is 12.5. The molecule has 1 aliphatic rings. The number of hydrogen-bond acceptors (Lipinski definition) is 7. The molecule has 2 amide bonds. The van der Waals surface area contributed by atoms with Gasteiger partial charge in [-0.15, -0.1) is 11.3 Å². The van der Waals surface area contributed by atoms with Crippen LogP contribution >= 0.6 is 11.3 Å². The Morgan fingerprint density at radius 1 is 1.07 bits per heavy atom. The zero-order chi connectivity index (χ0) is 21.3. The number of sulfonamides is 1. The standard InChI is InChI=1S/C19H14N4O5S2/c24-16(15-13-3-1-2-4-14(13)22-17(15)25)18(26)21-11-5-7-12(8-6-11)30(27,28)23-19-20-9-10-29-19/h1-10,15H,(H,20,23)(H,21,26)(H,22,25)/t15-/m0/s1. The van der Waals surface area contributed by atoms with Gasteiger partial charge in [-0.3, -0.25) is 19.1 Å². The second-order valence-corrected chi connectivity index (χ2v) is 8.87. The number of ketones is 1. The molecule has 0 aliphatic carbocycles. The number of nitrogens with one attached hydrogen (secondary N) is 3. The average molecular weight is 442 g/mol. The maximum absolute atomic E-state index is 12.5. The number of anilines is 3. The van der Waals surface area contributed by atoms with Crippen LogP contribution in [-0.4, -0.2) is 31.0 Å². The number of hydrogen-bond donors (Lipinski definition) is 3. The van der Waals surface area contributed by atoms with Crippen molar-refractivity contribution in [1.29, 1.82) is 0 Å². The van der Waals surface area contributed by atoms with E-state index in [4.69, 9.17) is 0 Å². The summed E-state index contributed by atoms with van der Waals surface area (Å²) in [5.74, 6) is -3.66. The van der Waals surface area contributed by atoms with Crippen LogP contribution < -0.4 is 15.4 Å². The smallest absolute Gasteiger partial charge is 0.292 e.